The quantitative estimate of drug-likeness (QED) is 0.925. The molecule has 2 aliphatic rings. The Morgan fingerprint density at radius 1 is 1.20 bits per heavy atom. The number of halogens is 1. The molecule has 2 atom stereocenters. The second kappa shape index (κ2) is 6.22. The van der Waals surface area contributed by atoms with E-state index in [9.17, 15) is 9.50 Å². The molecular formula is C20H26FN3O. The smallest absolute Gasteiger partial charge is 0.123 e. The molecule has 0 spiro atoms. The van der Waals surface area contributed by atoms with Gasteiger partial charge in [0.1, 0.15) is 5.82 Å². The monoisotopic (exact) mass is 343 g/mol. The third-order valence-electron chi connectivity index (χ3n) is 6.16. The lowest BCUT2D eigenvalue weighted by atomic mass is 9.80. The van der Waals surface area contributed by atoms with Crippen LogP contribution >= 0.6 is 0 Å². The number of aryl methyl sites for hydroxylation is 1. The van der Waals surface area contributed by atoms with E-state index in [1.807, 2.05) is 10.9 Å². The molecule has 4 rings (SSSR count). The van der Waals surface area contributed by atoms with Crippen LogP contribution in [0.3, 0.4) is 0 Å². The third kappa shape index (κ3) is 2.89. The Morgan fingerprint density at radius 3 is 2.40 bits per heavy atom. The second-order valence-corrected chi connectivity index (χ2v) is 7.58. The van der Waals surface area contributed by atoms with Crippen LogP contribution in [0.15, 0.2) is 30.5 Å². The average molecular weight is 343 g/mol. The van der Waals surface area contributed by atoms with E-state index in [0.717, 1.165) is 44.3 Å². The molecule has 1 aromatic carbocycles. The first-order chi connectivity index (χ1) is 12.0. The van der Waals surface area contributed by atoms with Gasteiger partial charge in [-0.25, -0.2) is 4.39 Å². The molecular weight excluding hydrogens is 317 g/mol. The van der Waals surface area contributed by atoms with Crippen LogP contribution in [0.25, 0.3) is 0 Å². The van der Waals surface area contributed by atoms with Crippen LogP contribution in [-0.4, -0.2) is 31.9 Å². The van der Waals surface area contributed by atoms with E-state index in [-0.39, 0.29) is 5.82 Å². The lowest BCUT2D eigenvalue weighted by molar-refractivity contribution is -0.0595. The molecule has 0 aliphatic carbocycles. The molecule has 1 N–H and O–H groups in total. The molecule has 25 heavy (non-hydrogen) atoms. The Morgan fingerprint density at radius 2 is 1.84 bits per heavy atom. The van der Waals surface area contributed by atoms with Crippen molar-refractivity contribution < 1.29 is 9.50 Å². The van der Waals surface area contributed by atoms with E-state index in [1.54, 1.807) is 12.1 Å². The van der Waals surface area contributed by atoms with Gasteiger partial charge in [0.25, 0.3) is 0 Å². The number of fused-ring (bicyclic) bond motifs is 2. The highest BCUT2D eigenvalue weighted by atomic mass is 19.1. The molecule has 2 fully saturated rings. The van der Waals surface area contributed by atoms with Crippen LogP contribution in [-0.2, 0) is 18.7 Å². The van der Waals surface area contributed by atoms with Crippen molar-refractivity contribution in [1.29, 1.82) is 0 Å². The minimum atomic E-state index is -0.835. The van der Waals surface area contributed by atoms with E-state index >= 15 is 0 Å². The number of rotatable bonds is 4. The van der Waals surface area contributed by atoms with Gasteiger partial charge < -0.3 is 5.11 Å². The number of aliphatic hydroxyl groups is 1. The lowest BCUT2D eigenvalue weighted by Crippen LogP contribution is -2.49. The Labute approximate surface area is 148 Å². The van der Waals surface area contributed by atoms with Gasteiger partial charge in [0.05, 0.1) is 11.8 Å². The van der Waals surface area contributed by atoms with Crippen molar-refractivity contribution >= 4 is 0 Å². The molecule has 4 nitrogen and oxygen atoms in total. The summed E-state index contributed by atoms with van der Waals surface area (Å²) in [5.74, 6) is -0.254. The maximum Gasteiger partial charge on any atom is 0.123 e. The van der Waals surface area contributed by atoms with Crippen molar-refractivity contribution in [3.8, 4) is 0 Å². The van der Waals surface area contributed by atoms with Crippen molar-refractivity contribution in [2.75, 3.05) is 0 Å². The third-order valence-corrected chi connectivity index (χ3v) is 6.16. The molecule has 2 aliphatic heterocycles. The van der Waals surface area contributed by atoms with Crippen LogP contribution in [0.5, 0.6) is 0 Å². The Balaban J connectivity index is 1.53. The predicted molar refractivity (Wildman–Crippen MR) is 94.5 cm³/mol. The Hall–Kier alpha value is -1.72. The summed E-state index contributed by atoms with van der Waals surface area (Å²) in [5, 5.41) is 15.7. The number of piperidine rings is 1. The zero-order chi connectivity index (χ0) is 17.6. The van der Waals surface area contributed by atoms with Gasteiger partial charge in [-0.15, -0.1) is 0 Å². The average Bonchev–Trinajstić information content (AvgIpc) is 3.06. The Bertz CT molecular complexity index is 741. The minimum Gasteiger partial charge on any atom is -0.385 e. The zero-order valence-electron chi connectivity index (χ0n) is 15.0. The summed E-state index contributed by atoms with van der Waals surface area (Å²) in [6.45, 7) is 6.04. The molecule has 0 saturated carbocycles. The van der Waals surface area contributed by atoms with Crippen LogP contribution in [0.4, 0.5) is 4.39 Å². The molecule has 2 saturated heterocycles. The standard InChI is InChI=1S/C20H26FN3O/c1-3-24-14(2)15(12-22-24)13-23-18-8-9-19(23)11-20(25,10-18)16-4-6-17(21)7-5-16/h4-7,12,18-19,25H,3,8-11,13H2,1-2H3/t18-,19-/m0/s1. The highest BCUT2D eigenvalue weighted by molar-refractivity contribution is 5.26. The molecule has 134 valence electrons. The zero-order valence-corrected chi connectivity index (χ0v) is 15.0. The maximum atomic E-state index is 13.2. The summed E-state index contributed by atoms with van der Waals surface area (Å²) in [6, 6.07) is 7.12. The number of hydrogen-bond acceptors (Lipinski definition) is 3. The van der Waals surface area contributed by atoms with E-state index in [4.69, 9.17) is 0 Å². The molecule has 2 bridgehead atoms. The van der Waals surface area contributed by atoms with E-state index < -0.39 is 5.60 Å². The van der Waals surface area contributed by atoms with Crippen LogP contribution in [0.2, 0.25) is 0 Å². The number of nitrogens with zero attached hydrogens (tertiary/aromatic N) is 3. The van der Waals surface area contributed by atoms with Gasteiger partial charge >= 0.3 is 0 Å². The van der Waals surface area contributed by atoms with Gasteiger partial charge in [-0.3, -0.25) is 9.58 Å². The minimum absolute atomic E-state index is 0.254. The van der Waals surface area contributed by atoms with Gasteiger partial charge in [-0.05, 0) is 57.2 Å². The van der Waals surface area contributed by atoms with Crippen molar-refractivity contribution in [3.05, 3.63) is 53.1 Å². The van der Waals surface area contributed by atoms with Crippen LogP contribution in [0, 0.1) is 12.7 Å². The maximum absolute atomic E-state index is 13.2. The molecule has 5 heteroatoms. The van der Waals surface area contributed by atoms with Crippen molar-refractivity contribution in [3.63, 3.8) is 0 Å². The summed E-state index contributed by atoms with van der Waals surface area (Å²) in [7, 11) is 0. The van der Waals surface area contributed by atoms with Gasteiger partial charge in [-0.1, -0.05) is 12.1 Å². The first-order valence-corrected chi connectivity index (χ1v) is 9.25. The van der Waals surface area contributed by atoms with Crippen LogP contribution in [0.1, 0.15) is 49.4 Å². The summed E-state index contributed by atoms with van der Waals surface area (Å²) >= 11 is 0. The van der Waals surface area contributed by atoms with Gasteiger partial charge in [0, 0.05) is 36.4 Å². The van der Waals surface area contributed by atoms with E-state index in [0.29, 0.717) is 12.1 Å². The highest BCUT2D eigenvalue weighted by Gasteiger charge is 2.48. The lowest BCUT2D eigenvalue weighted by Gasteiger charge is -2.44. The van der Waals surface area contributed by atoms with Gasteiger partial charge in [-0.2, -0.15) is 5.10 Å². The largest absolute Gasteiger partial charge is 0.385 e. The molecule has 2 aromatic rings. The topological polar surface area (TPSA) is 41.3 Å². The first-order valence-electron chi connectivity index (χ1n) is 9.25. The van der Waals surface area contributed by atoms with E-state index in [2.05, 4.69) is 23.8 Å². The van der Waals surface area contributed by atoms with E-state index in [1.165, 1.54) is 23.4 Å². The van der Waals surface area contributed by atoms with Gasteiger partial charge in [0.15, 0.2) is 0 Å². The fourth-order valence-corrected chi connectivity index (χ4v) is 4.73. The van der Waals surface area contributed by atoms with Gasteiger partial charge in [0.2, 0.25) is 0 Å². The van der Waals surface area contributed by atoms with Crippen molar-refractivity contribution in [1.82, 2.24) is 14.7 Å². The fourth-order valence-electron chi connectivity index (χ4n) is 4.73. The molecule has 0 unspecified atom stereocenters. The number of benzene rings is 1. The van der Waals surface area contributed by atoms with Crippen molar-refractivity contribution in [2.45, 2.75) is 70.3 Å². The molecule has 3 heterocycles. The molecule has 0 amide bonds. The summed E-state index contributed by atoms with van der Waals surface area (Å²) in [5.41, 5.74) is 2.53. The number of hydrogen-bond donors (Lipinski definition) is 1. The fraction of sp³-hybridized carbons (Fsp3) is 0.550. The first kappa shape index (κ1) is 16.7. The molecule has 1 aromatic heterocycles. The summed E-state index contributed by atoms with van der Waals surface area (Å²) in [4.78, 5) is 2.54. The van der Waals surface area contributed by atoms with Crippen molar-refractivity contribution in [2.24, 2.45) is 0 Å². The Kier molecular flexibility index (Phi) is 4.16. The summed E-state index contributed by atoms with van der Waals surface area (Å²) in [6.07, 6.45) is 5.66. The van der Waals surface area contributed by atoms with Crippen LogP contribution < -0.4 is 0 Å². The SMILES string of the molecule is CCn1ncc(CN2[C@H]3CC[C@H]2CC(O)(c2ccc(F)cc2)C3)c1C. The molecule has 0 radical (unpaired) electrons. The normalized spacial score (nSPS) is 29.3. The predicted octanol–water partition coefficient (Wildman–Crippen LogP) is 3.37. The number of aromatic nitrogens is 2. The summed E-state index contributed by atoms with van der Waals surface area (Å²) < 4.78 is 15.3. The second-order valence-electron chi connectivity index (χ2n) is 7.58. The highest BCUT2D eigenvalue weighted by Crippen LogP contribution is 2.46.